The van der Waals surface area contributed by atoms with Crippen LogP contribution >= 0.6 is 11.8 Å². The fraction of sp³-hybridized carbons (Fsp3) is 0.515. The summed E-state index contributed by atoms with van der Waals surface area (Å²) in [4.78, 5) is 85.2. The highest BCUT2D eigenvalue weighted by Crippen LogP contribution is 2.79. The standard InChI is InChI=1S/C66H78F5N9O10S3/c1-63(2)24-22-44(52(37-63)64-40-65(41-64,42-64)62(67)68)38-77-29-31-78(32-30-77)47-15-12-43(13-16-47)58(83)75-93(89,90)49-17-19-53(55(36-49)92(87,88)66(69,70)71)73-46(39-91-48-9-5-3-6-10-48)23-26-76-27-33-79(34-28-76)57(82)11-7-4-8-25-72-45-14-18-50-51(35-45)61(86)80(60(50)85)54-20-21-56(81)74-59(54)84/h3,5-6,9-10,12-19,35-36,46,54,62,72-73H,4,7-8,11,20-34,37-42H2,1-2H3,(H,75,83)(H,74,81,84)/t46-,54?,64?,65?/m1/s1. The fourth-order valence-corrected chi connectivity index (χ4v) is 17.4. The largest absolute Gasteiger partial charge is 0.501 e. The van der Waals surface area contributed by atoms with Crippen LogP contribution < -0.4 is 25.6 Å². The normalized spacial score (nSPS) is 23.1. The molecule has 1 unspecified atom stereocenters. The molecule has 93 heavy (non-hydrogen) atoms. The van der Waals surface area contributed by atoms with Gasteiger partial charge in [-0.3, -0.25) is 48.8 Å². The van der Waals surface area contributed by atoms with Crippen molar-refractivity contribution in [3.05, 3.63) is 119 Å². The predicted molar refractivity (Wildman–Crippen MR) is 341 cm³/mol. The summed E-state index contributed by atoms with van der Waals surface area (Å²) < 4.78 is 127. The number of hydrogen-bond donors (Lipinski definition) is 4. The van der Waals surface area contributed by atoms with Gasteiger partial charge in [0, 0.05) is 124 Å². The van der Waals surface area contributed by atoms with Crippen molar-refractivity contribution in [3.8, 4) is 0 Å². The Hall–Kier alpha value is -6.94. The molecule has 6 amide bonds. The molecule has 0 radical (unpaired) electrons. The topological polar surface area (TPSA) is 235 Å². The Bertz CT molecular complexity index is 3780. The summed E-state index contributed by atoms with van der Waals surface area (Å²) >= 11 is 1.39. The van der Waals surface area contributed by atoms with Crippen LogP contribution in [0.25, 0.3) is 0 Å². The van der Waals surface area contributed by atoms with Crippen molar-refractivity contribution in [2.45, 2.75) is 136 Å². The second-order valence-corrected chi connectivity index (χ2v) is 31.4. The van der Waals surface area contributed by atoms with Gasteiger partial charge in [0.15, 0.2) is 0 Å². The van der Waals surface area contributed by atoms with Gasteiger partial charge in [-0.2, -0.15) is 13.2 Å². The van der Waals surface area contributed by atoms with E-state index in [2.05, 4.69) is 44.5 Å². The number of piperidine rings is 1. The zero-order valence-electron chi connectivity index (χ0n) is 52.0. The van der Waals surface area contributed by atoms with Crippen LogP contribution in [0.3, 0.4) is 0 Å². The molecule has 27 heteroatoms. The average Bonchev–Trinajstić information content (AvgIpc) is 1.08. The Balaban J connectivity index is 0.658. The summed E-state index contributed by atoms with van der Waals surface area (Å²) in [5, 5.41) is 8.43. The highest BCUT2D eigenvalue weighted by atomic mass is 32.2. The number of hydrogen-bond acceptors (Lipinski definition) is 16. The van der Waals surface area contributed by atoms with Crippen molar-refractivity contribution in [1.29, 1.82) is 0 Å². The molecule has 2 bridgehead atoms. The van der Waals surface area contributed by atoms with Crippen molar-refractivity contribution in [3.63, 3.8) is 0 Å². The number of nitrogens with one attached hydrogen (secondary N) is 4. The lowest BCUT2D eigenvalue weighted by Crippen LogP contribution is -2.66. The van der Waals surface area contributed by atoms with Gasteiger partial charge in [-0.15, -0.1) is 11.8 Å². The molecule has 6 fully saturated rings. The summed E-state index contributed by atoms with van der Waals surface area (Å²) in [5.74, 6) is -3.16. The second kappa shape index (κ2) is 27.1. The number of sulfone groups is 1. The van der Waals surface area contributed by atoms with Gasteiger partial charge in [0.1, 0.15) is 10.9 Å². The summed E-state index contributed by atoms with van der Waals surface area (Å²) in [7, 11) is -11.1. The third kappa shape index (κ3) is 14.7. The molecule has 2 atom stereocenters. The zero-order valence-corrected chi connectivity index (χ0v) is 54.5. The van der Waals surface area contributed by atoms with Gasteiger partial charge in [0.2, 0.25) is 24.1 Å². The van der Waals surface area contributed by atoms with Crippen LogP contribution in [0.4, 0.5) is 39.0 Å². The lowest BCUT2D eigenvalue weighted by Gasteiger charge is -2.72. The van der Waals surface area contributed by atoms with Gasteiger partial charge in [0.05, 0.1) is 21.7 Å². The monoisotopic (exact) mass is 1350 g/mol. The average molecular weight is 1350 g/mol. The molecule has 500 valence electrons. The van der Waals surface area contributed by atoms with Crippen LogP contribution in [0, 0.1) is 16.2 Å². The predicted octanol–water partition coefficient (Wildman–Crippen LogP) is 9.34. The van der Waals surface area contributed by atoms with Crippen LogP contribution in [0.5, 0.6) is 0 Å². The van der Waals surface area contributed by atoms with E-state index >= 15 is 0 Å². The number of piperazine rings is 2. The molecular weight excluding hydrogens is 1270 g/mol. The third-order valence-corrected chi connectivity index (χ3v) is 23.7. The summed E-state index contributed by atoms with van der Waals surface area (Å²) in [6.07, 6.45) is 5.15. The molecule has 3 saturated carbocycles. The molecule has 19 nitrogen and oxygen atoms in total. The Labute approximate surface area is 543 Å². The van der Waals surface area contributed by atoms with E-state index in [0.717, 1.165) is 72.9 Å². The Morgan fingerprint density at radius 1 is 0.774 bits per heavy atom. The fourth-order valence-electron chi connectivity index (χ4n) is 14.4. The number of fused-ring (bicyclic) bond motifs is 1. The second-order valence-electron chi connectivity index (χ2n) is 26.7. The molecule has 4 aromatic rings. The first-order valence-corrected chi connectivity index (χ1v) is 35.7. The van der Waals surface area contributed by atoms with E-state index in [1.807, 2.05) is 35.1 Å². The lowest BCUT2D eigenvalue weighted by molar-refractivity contribution is -0.250. The Morgan fingerprint density at radius 2 is 1.46 bits per heavy atom. The van der Waals surface area contributed by atoms with E-state index < -0.39 is 94.3 Å². The Kier molecular flexibility index (Phi) is 19.6. The highest BCUT2D eigenvalue weighted by Gasteiger charge is 2.73. The van der Waals surface area contributed by atoms with Crippen molar-refractivity contribution in [1.82, 2.24) is 29.6 Å². The summed E-state index contributed by atoms with van der Waals surface area (Å²) in [5.41, 5.74) is -2.57. The number of halogens is 5. The first kappa shape index (κ1) is 67.5. The minimum atomic E-state index is -6.18. The van der Waals surface area contributed by atoms with E-state index in [1.54, 1.807) is 29.2 Å². The molecule has 3 saturated heterocycles. The third-order valence-electron chi connectivity index (χ3n) is 19.6. The smallest absolute Gasteiger partial charge is 0.385 e. The van der Waals surface area contributed by atoms with E-state index in [-0.39, 0.29) is 52.0 Å². The van der Waals surface area contributed by atoms with Crippen molar-refractivity contribution in [2.24, 2.45) is 16.2 Å². The molecule has 4 aromatic carbocycles. The maximum atomic E-state index is 14.5. The van der Waals surface area contributed by atoms with Crippen molar-refractivity contribution < 1.29 is 67.6 Å². The van der Waals surface area contributed by atoms with Crippen LogP contribution in [0.2, 0.25) is 0 Å². The molecule has 4 N–H and O–H groups in total. The number of benzene rings is 4. The molecule has 12 rings (SSSR count). The SMILES string of the molecule is CC1(C)CCC(CN2CCN(c3ccc(C(=O)NS(=O)(=O)c4ccc(N[C@H](CCN5CCN(C(=O)CCCCCNc6ccc7c(c6)C(=O)N(C6CCC(=O)NC6=O)C7=O)CC5)CSc5ccccc5)c(S(=O)(=O)C(F)(F)F)c4)cc3)CC2)=C(C23CC(C(F)F)(C2)C3)C1. The van der Waals surface area contributed by atoms with Crippen molar-refractivity contribution in [2.75, 3.05) is 93.3 Å². The van der Waals surface area contributed by atoms with Gasteiger partial charge < -0.3 is 20.4 Å². The molecule has 8 aliphatic rings. The molecule has 4 aliphatic carbocycles. The van der Waals surface area contributed by atoms with Crippen molar-refractivity contribution >= 4 is 84.1 Å². The summed E-state index contributed by atoms with van der Waals surface area (Å²) in [6.45, 7) is 10.9. The number of imide groups is 2. The number of unbranched alkanes of at least 4 members (excludes halogenated alkanes) is 2. The van der Waals surface area contributed by atoms with E-state index in [0.29, 0.717) is 109 Å². The first-order chi connectivity index (χ1) is 44.1. The molecule has 4 heterocycles. The summed E-state index contributed by atoms with van der Waals surface area (Å²) in [6, 6.07) is 20.8. The molecule has 4 aliphatic heterocycles. The number of anilines is 3. The van der Waals surface area contributed by atoms with E-state index in [1.165, 1.54) is 41.1 Å². The number of amides is 6. The van der Waals surface area contributed by atoms with Crippen LogP contribution in [0.15, 0.2) is 117 Å². The number of sulfonamides is 1. The number of carbonyl (C=O) groups excluding carboxylic acids is 6. The van der Waals surface area contributed by atoms with Gasteiger partial charge in [0.25, 0.3) is 37.6 Å². The zero-order chi connectivity index (χ0) is 66.3. The quantitative estimate of drug-likeness (QED) is 0.0159. The van der Waals surface area contributed by atoms with E-state index in [9.17, 15) is 67.6 Å². The number of thioether (sulfide) groups is 1. The number of rotatable bonds is 25. The van der Waals surface area contributed by atoms with Gasteiger partial charge in [-0.05, 0) is 148 Å². The number of nitrogens with zero attached hydrogens (tertiary/aromatic N) is 5. The maximum Gasteiger partial charge on any atom is 0.501 e. The molecule has 0 spiro atoms. The first-order valence-electron chi connectivity index (χ1n) is 31.8. The molecule has 0 aromatic heterocycles. The maximum absolute atomic E-state index is 14.5. The van der Waals surface area contributed by atoms with Crippen LogP contribution in [-0.2, 0) is 34.2 Å². The number of carbonyl (C=O) groups is 6. The Morgan fingerprint density at radius 3 is 2.14 bits per heavy atom. The highest BCUT2D eigenvalue weighted by molar-refractivity contribution is 7.99. The minimum absolute atomic E-state index is 0.0115. The van der Waals surface area contributed by atoms with Gasteiger partial charge in [-0.1, -0.05) is 49.6 Å². The van der Waals surface area contributed by atoms with Gasteiger partial charge in [-0.25, -0.2) is 30.3 Å². The van der Waals surface area contributed by atoms with Crippen LogP contribution in [0.1, 0.15) is 128 Å². The number of alkyl halides is 5. The number of allylic oxidation sites excluding steroid dienone is 1. The van der Waals surface area contributed by atoms with E-state index in [4.69, 9.17) is 0 Å². The van der Waals surface area contributed by atoms with Crippen LogP contribution in [-0.4, -0.2) is 174 Å². The molecular formula is C66H78F5N9O10S3. The lowest BCUT2D eigenvalue weighted by atomic mass is 9.32. The minimum Gasteiger partial charge on any atom is -0.385 e. The van der Waals surface area contributed by atoms with Gasteiger partial charge >= 0.3 is 5.51 Å².